The van der Waals surface area contributed by atoms with E-state index < -0.39 is 0 Å². The zero-order valence-corrected chi connectivity index (χ0v) is 16.1. The first kappa shape index (κ1) is 18.3. The largest absolute Gasteiger partial charge is 0.389 e. The molecule has 0 spiro atoms. The summed E-state index contributed by atoms with van der Waals surface area (Å²) in [5, 5.41) is 10.0. The smallest absolute Gasteiger partial charge is 0.125 e. The molecular weight excluding hydrogens is 351 g/mol. The SMILES string of the molecule is C=C(CCn1ncc2cc(-c3c[nH]c4cc(F)ccc34)ccc21)NCCCC. The number of nitrogens with zero attached hydrogens (tertiary/aromatic N) is 2. The highest BCUT2D eigenvalue weighted by atomic mass is 19.1. The summed E-state index contributed by atoms with van der Waals surface area (Å²) in [4.78, 5) is 3.16. The van der Waals surface area contributed by atoms with Crippen LogP contribution < -0.4 is 5.32 Å². The van der Waals surface area contributed by atoms with Gasteiger partial charge in [0.2, 0.25) is 0 Å². The molecule has 4 aromatic rings. The average Bonchev–Trinajstić information content (AvgIpc) is 3.29. The van der Waals surface area contributed by atoms with Crippen LogP contribution >= 0.6 is 0 Å². The van der Waals surface area contributed by atoms with Gasteiger partial charge in [-0.3, -0.25) is 4.68 Å². The Labute approximate surface area is 164 Å². The molecule has 0 fully saturated rings. The van der Waals surface area contributed by atoms with E-state index in [0.717, 1.165) is 64.6 Å². The number of hydrogen-bond acceptors (Lipinski definition) is 2. The molecule has 4 rings (SSSR count). The molecular formula is C23H25FN4. The van der Waals surface area contributed by atoms with Crippen molar-refractivity contribution >= 4 is 21.8 Å². The fourth-order valence-electron chi connectivity index (χ4n) is 3.54. The van der Waals surface area contributed by atoms with Crippen LogP contribution in [0.3, 0.4) is 0 Å². The Morgan fingerprint density at radius 3 is 3.00 bits per heavy atom. The Morgan fingerprint density at radius 2 is 2.14 bits per heavy atom. The Bertz CT molecular complexity index is 1120. The lowest BCUT2D eigenvalue weighted by Crippen LogP contribution is -2.15. The van der Waals surface area contributed by atoms with Gasteiger partial charge < -0.3 is 10.3 Å². The summed E-state index contributed by atoms with van der Waals surface area (Å²) in [5.41, 5.74) is 5.13. The van der Waals surface area contributed by atoms with Crippen LogP contribution in [0.1, 0.15) is 26.2 Å². The summed E-state index contributed by atoms with van der Waals surface area (Å²) in [6.07, 6.45) is 7.03. The molecule has 28 heavy (non-hydrogen) atoms. The molecule has 0 radical (unpaired) electrons. The molecule has 0 aliphatic heterocycles. The molecule has 0 aliphatic carbocycles. The Kier molecular flexibility index (Phi) is 5.15. The van der Waals surface area contributed by atoms with Gasteiger partial charge in [-0.1, -0.05) is 26.0 Å². The topological polar surface area (TPSA) is 45.6 Å². The van der Waals surface area contributed by atoms with E-state index in [-0.39, 0.29) is 5.82 Å². The summed E-state index contributed by atoms with van der Waals surface area (Å²) in [6.45, 7) is 8.07. The van der Waals surface area contributed by atoms with Crippen molar-refractivity contribution in [2.75, 3.05) is 6.54 Å². The van der Waals surface area contributed by atoms with E-state index in [0.29, 0.717) is 0 Å². The van der Waals surface area contributed by atoms with Crippen molar-refractivity contribution in [3.8, 4) is 11.1 Å². The monoisotopic (exact) mass is 376 g/mol. The predicted octanol–water partition coefficient (Wildman–Crippen LogP) is 5.62. The third kappa shape index (κ3) is 3.65. The number of aryl methyl sites for hydroxylation is 1. The van der Waals surface area contributed by atoms with Gasteiger partial charge in [0, 0.05) is 53.3 Å². The molecule has 2 aromatic carbocycles. The van der Waals surface area contributed by atoms with Gasteiger partial charge in [0.25, 0.3) is 0 Å². The molecule has 144 valence electrons. The standard InChI is InChI=1S/C23H25FN4/c1-3-4-10-25-16(2)9-11-28-23-8-5-17(12-18(23)14-27-28)21-15-26-22-13-19(24)6-7-20(21)22/h5-8,12-15,25-26H,2-4,9-11H2,1H3. The van der Waals surface area contributed by atoms with E-state index in [9.17, 15) is 4.39 Å². The molecule has 2 aromatic heterocycles. The molecule has 0 atom stereocenters. The van der Waals surface area contributed by atoms with Gasteiger partial charge in [0.05, 0.1) is 11.7 Å². The van der Waals surface area contributed by atoms with Gasteiger partial charge in [-0.15, -0.1) is 0 Å². The Hall–Kier alpha value is -3.08. The van der Waals surface area contributed by atoms with Crippen LogP contribution in [0, 0.1) is 5.82 Å². The third-order valence-corrected chi connectivity index (χ3v) is 5.13. The number of hydrogen-bond donors (Lipinski definition) is 2. The molecule has 2 N–H and O–H groups in total. The number of H-pyrrole nitrogens is 1. The lowest BCUT2D eigenvalue weighted by atomic mass is 10.0. The van der Waals surface area contributed by atoms with E-state index in [1.165, 1.54) is 18.6 Å². The fourth-order valence-corrected chi connectivity index (χ4v) is 3.54. The number of allylic oxidation sites excluding steroid dienone is 1. The average molecular weight is 376 g/mol. The Morgan fingerprint density at radius 1 is 1.25 bits per heavy atom. The molecule has 0 amide bonds. The van der Waals surface area contributed by atoms with Gasteiger partial charge in [0.1, 0.15) is 5.82 Å². The van der Waals surface area contributed by atoms with Crippen molar-refractivity contribution in [1.82, 2.24) is 20.1 Å². The van der Waals surface area contributed by atoms with Gasteiger partial charge in [0.15, 0.2) is 0 Å². The zero-order valence-electron chi connectivity index (χ0n) is 16.1. The number of benzene rings is 2. The minimum Gasteiger partial charge on any atom is -0.389 e. The maximum Gasteiger partial charge on any atom is 0.125 e. The molecule has 0 unspecified atom stereocenters. The molecule has 0 aliphatic rings. The van der Waals surface area contributed by atoms with Crippen LogP contribution in [0.25, 0.3) is 32.9 Å². The van der Waals surface area contributed by atoms with Gasteiger partial charge >= 0.3 is 0 Å². The highest BCUT2D eigenvalue weighted by Gasteiger charge is 2.10. The van der Waals surface area contributed by atoms with E-state index in [1.807, 2.05) is 23.1 Å². The molecule has 2 heterocycles. The summed E-state index contributed by atoms with van der Waals surface area (Å²) in [5.74, 6) is -0.233. The van der Waals surface area contributed by atoms with Crippen molar-refractivity contribution in [3.05, 3.63) is 66.9 Å². The van der Waals surface area contributed by atoms with Crippen molar-refractivity contribution < 1.29 is 4.39 Å². The van der Waals surface area contributed by atoms with E-state index >= 15 is 0 Å². The first-order valence-corrected chi connectivity index (χ1v) is 9.80. The predicted molar refractivity (Wildman–Crippen MR) is 114 cm³/mol. The number of nitrogens with one attached hydrogen (secondary N) is 2. The molecule has 0 bridgehead atoms. The summed E-state index contributed by atoms with van der Waals surface area (Å²) < 4.78 is 15.5. The molecule has 0 saturated heterocycles. The molecule has 0 saturated carbocycles. The molecule has 5 heteroatoms. The zero-order chi connectivity index (χ0) is 19.5. The van der Waals surface area contributed by atoms with Crippen molar-refractivity contribution in [2.45, 2.75) is 32.7 Å². The van der Waals surface area contributed by atoms with Crippen LogP contribution in [0.5, 0.6) is 0 Å². The number of rotatable bonds is 8. The number of unbranched alkanes of at least 4 members (excludes halogenated alkanes) is 1. The summed E-state index contributed by atoms with van der Waals surface area (Å²) >= 11 is 0. The van der Waals surface area contributed by atoms with Gasteiger partial charge in [-0.2, -0.15) is 5.10 Å². The second-order valence-corrected chi connectivity index (χ2v) is 7.17. The van der Waals surface area contributed by atoms with Crippen LogP contribution in [0.2, 0.25) is 0 Å². The van der Waals surface area contributed by atoms with Crippen LogP contribution in [-0.4, -0.2) is 21.3 Å². The lowest BCUT2D eigenvalue weighted by Gasteiger charge is -2.10. The number of fused-ring (bicyclic) bond motifs is 2. The van der Waals surface area contributed by atoms with E-state index in [1.54, 1.807) is 0 Å². The fraction of sp³-hybridized carbons (Fsp3) is 0.261. The first-order chi connectivity index (χ1) is 13.7. The van der Waals surface area contributed by atoms with E-state index in [4.69, 9.17) is 0 Å². The summed E-state index contributed by atoms with van der Waals surface area (Å²) in [6, 6.07) is 11.2. The van der Waals surface area contributed by atoms with E-state index in [2.05, 4.69) is 47.1 Å². The number of aromatic nitrogens is 3. The summed E-state index contributed by atoms with van der Waals surface area (Å²) in [7, 11) is 0. The minimum absolute atomic E-state index is 0.233. The minimum atomic E-state index is -0.233. The number of aromatic amines is 1. The highest BCUT2D eigenvalue weighted by Crippen LogP contribution is 2.31. The second-order valence-electron chi connectivity index (χ2n) is 7.17. The third-order valence-electron chi connectivity index (χ3n) is 5.13. The first-order valence-electron chi connectivity index (χ1n) is 9.80. The van der Waals surface area contributed by atoms with Crippen LogP contribution in [0.4, 0.5) is 4.39 Å². The quantitative estimate of drug-likeness (QED) is 0.392. The normalized spacial score (nSPS) is 11.4. The van der Waals surface area contributed by atoms with Crippen molar-refractivity contribution in [3.63, 3.8) is 0 Å². The highest BCUT2D eigenvalue weighted by molar-refractivity contribution is 5.97. The lowest BCUT2D eigenvalue weighted by molar-refractivity contribution is 0.599. The maximum atomic E-state index is 13.4. The van der Waals surface area contributed by atoms with Crippen molar-refractivity contribution in [1.29, 1.82) is 0 Å². The van der Waals surface area contributed by atoms with Crippen LogP contribution in [-0.2, 0) is 6.54 Å². The number of halogens is 1. The second kappa shape index (κ2) is 7.89. The van der Waals surface area contributed by atoms with Gasteiger partial charge in [-0.25, -0.2) is 4.39 Å². The van der Waals surface area contributed by atoms with Crippen LogP contribution in [0.15, 0.2) is 61.1 Å². The molecule has 4 nitrogen and oxygen atoms in total. The maximum absolute atomic E-state index is 13.4. The van der Waals surface area contributed by atoms with Crippen molar-refractivity contribution in [2.24, 2.45) is 0 Å². The van der Waals surface area contributed by atoms with Gasteiger partial charge in [-0.05, 0) is 42.3 Å². The Balaban J connectivity index is 1.53.